The Morgan fingerprint density at radius 3 is 2.05 bits per heavy atom. The topological polar surface area (TPSA) is 101 Å². The average molecular weight is 297 g/mol. The summed E-state index contributed by atoms with van der Waals surface area (Å²) in [6.07, 6.45) is 5.09. The molecule has 0 spiro atoms. The minimum absolute atomic E-state index is 0.0613. The van der Waals surface area contributed by atoms with Crippen LogP contribution >= 0.6 is 0 Å². The fourth-order valence-corrected chi connectivity index (χ4v) is 2.89. The van der Waals surface area contributed by atoms with Gasteiger partial charge in [0.1, 0.15) is 12.1 Å². The molecular formula is C15H27N3O3. The molecule has 2 atom stereocenters. The van der Waals surface area contributed by atoms with Crippen molar-refractivity contribution in [2.24, 2.45) is 17.6 Å². The first-order chi connectivity index (χ1) is 9.82. The van der Waals surface area contributed by atoms with E-state index in [0.717, 1.165) is 32.1 Å². The van der Waals surface area contributed by atoms with Crippen LogP contribution in [-0.4, -0.2) is 29.8 Å². The molecule has 1 aliphatic rings. The Labute approximate surface area is 126 Å². The molecule has 3 amide bonds. The van der Waals surface area contributed by atoms with Crippen molar-refractivity contribution in [1.29, 1.82) is 0 Å². The first-order valence-electron chi connectivity index (χ1n) is 7.69. The van der Waals surface area contributed by atoms with Gasteiger partial charge in [0, 0.05) is 6.92 Å². The zero-order valence-electron chi connectivity index (χ0n) is 13.1. The molecule has 0 bridgehead atoms. The Kier molecular flexibility index (Phi) is 6.65. The number of carbonyl (C=O) groups is 3. The molecule has 4 N–H and O–H groups in total. The monoisotopic (exact) mass is 297 g/mol. The van der Waals surface area contributed by atoms with Crippen molar-refractivity contribution < 1.29 is 14.4 Å². The predicted octanol–water partition coefficient (Wildman–Crippen LogP) is 0.697. The van der Waals surface area contributed by atoms with Gasteiger partial charge in [-0.1, -0.05) is 33.1 Å². The van der Waals surface area contributed by atoms with Crippen molar-refractivity contribution in [2.75, 3.05) is 0 Å². The van der Waals surface area contributed by atoms with Crippen LogP contribution in [0, 0.1) is 11.8 Å². The molecule has 0 aromatic heterocycles. The highest BCUT2D eigenvalue weighted by Crippen LogP contribution is 2.26. The van der Waals surface area contributed by atoms with Crippen LogP contribution in [0.4, 0.5) is 0 Å². The molecule has 0 heterocycles. The molecule has 120 valence electrons. The van der Waals surface area contributed by atoms with Gasteiger partial charge in [0.15, 0.2) is 0 Å². The van der Waals surface area contributed by atoms with E-state index in [2.05, 4.69) is 10.6 Å². The summed E-state index contributed by atoms with van der Waals surface area (Å²) < 4.78 is 0. The minimum Gasteiger partial charge on any atom is -0.368 e. The van der Waals surface area contributed by atoms with Gasteiger partial charge in [-0.05, 0) is 24.7 Å². The molecular weight excluding hydrogens is 270 g/mol. The lowest BCUT2D eigenvalue weighted by atomic mass is 9.83. The summed E-state index contributed by atoms with van der Waals surface area (Å²) in [5.41, 5.74) is 5.45. The van der Waals surface area contributed by atoms with E-state index in [0.29, 0.717) is 0 Å². The van der Waals surface area contributed by atoms with E-state index in [4.69, 9.17) is 5.73 Å². The highest BCUT2D eigenvalue weighted by atomic mass is 16.2. The number of primary amides is 1. The van der Waals surface area contributed by atoms with Crippen LogP contribution in [-0.2, 0) is 14.4 Å². The van der Waals surface area contributed by atoms with E-state index in [1.807, 2.05) is 13.8 Å². The highest BCUT2D eigenvalue weighted by molar-refractivity contribution is 5.91. The number of rotatable bonds is 6. The lowest BCUT2D eigenvalue weighted by Crippen LogP contribution is -2.56. The molecule has 0 aromatic rings. The Morgan fingerprint density at radius 2 is 1.62 bits per heavy atom. The molecule has 0 aliphatic heterocycles. The van der Waals surface area contributed by atoms with Gasteiger partial charge in [0.25, 0.3) is 0 Å². The van der Waals surface area contributed by atoms with Crippen LogP contribution in [0.15, 0.2) is 0 Å². The summed E-state index contributed by atoms with van der Waals surface area (Å²) in [6, 6.07) is -1.29. The molecule has 0 radical (unpaired) electrons. The van der Waals surface area contributed by atoms with Crippen molar-refractivity contribution in [2.45, 2.75) is 65.0 Å². The second-order valence-electron chi connectivity index (χ2n) is 6.21. The van der Waals surface area contributed by atoms with E-state index in [1.54, 1.807) is 0 Å². The van der Waals surface area contributed by atoms with Gasteiger partial charge in [0.05, 0.1) is 0 Å². The van der Waals surface area contributed by atoms with Gasteiger partial charge < -0.3 is 16.4 Å². The van der Waals surface area contributed by atoms with E-state index in [-0.39, 0.29) is 23.7 Å². The zero-order valence-corrected chi connectivity index (χ0v) is 13.1. The summed E-state index contributed by atoms with van der Waals surface area (Å²) in [6.45, 7) is 5.06. The van der Waals surface area contributed by atoms with Crippen molar-refractivity contribution in [3.05, 3.63) is 0 Å². The number of nitrogens with one attached hydrogen (secondary N) is 2. The van der Waals surface area contributed by atoms with Crippen LogP contribution in [0.5, 0.6) is 0 Å². The second kappa shape index (κ2) is 8.00. The summed E-state index contributed by atoms with van der Waals surface area (Å²) in [5.74, 6) is -1.06. The van der Waals surface area contributed by atoms with Gasteiger partial charge in [-0.2, -0.15) is 0 Å². The maximum absolute atomic E-state index is 12.3. The van der Waals surface area contributed by atoms with E-state index < -0.39 is 18.0 Å². The molecule has 6 nitrogen and oxygen atoms in total. The van der Waals surface area contributed by atoms with Gasteiger partial charge in [-0.25, -0.2) is 0 Å². The van der Waals surface area contributed by atoms with Crippen LogP contribution in [0.2, 0.25) is 0 Å². The number of nitrogens with two attached hydrogens (primary N) is 1. The molecule has 0 aromatic carbocycles. The van der Waals surface area contributed by atoms with Crippen molar-refractivity contribution >= 4 is 17.7 Å². The number of carbonyl (C=O) groups excluding carboxylic acids is 3. The van der Waals surface area contributed by atoms with Gasteiger partial charge in [-0.15, -0.1) is 0 Å². The molecule has 0 unspecified atom stereocenters. The van der Waals surface area contributed by atoms with E-state index in [9.17, 15) is 14.4 Å². The third kappa shape index (κ3) is 5.36. The molecule has 1 rings (SSSR count). The van der Waals surface area contributed by atoms with Crippen molar-refractivity contribution in [1.82, 2.24) is 10.6 Å². The first kappa shape index (κ1) is 17.5. The van der Waals surface area contributed by atoms with Crippen LogP contribution in [0.1, 0.15) is 52.9 Å². The average Bonchev–Trinajstić information content (AvgIpc) is 2.42. The molecule has 1 fully saturated rings. The quantitative estimate of drug-likeness (QED) is 0.672. The molecule has 1 saturated carbocycles. The molecule has 21 heavy (non-hydrogen) atoms. The normalized spacial score (nSPS) is 18.9. The SMILES string of the molecule is CC(=O)N[C@@H](C(=O)N[C@@H](C(N)=O)C1CCCCC1)C(C)C. The Morgan fingerprint density at radius 1 is 1.05 bits per heavy atom. The van der Waals surface area contributed by atoms with Crippen molar-refractivity contribution in [3.63, 3.8) is 0 Å². The largest absolute Gasteiger partial charge is 0.368 e. The maximum atomic E-state index is 12.3. The summed E-state index contributed by atoms with van der Waals surface area (Å²) in [7, 11) is 0. The highest BCUT2D eigenvalue weighted by Gasteiger charge is 2.32. The Hall–Kier alpha value is -1.59. The third-order valence-corrected chi connectivity index (χ3v) is 4.03. The summed E-state index contributed by atoms with van der Waals surface area (Å²) in [5, 5.41) is 5.37. The Balaban J connectivity index is 2.74. The van der Waals surface area contributed by atoms with Crippen LogP contribution < -0.4 is 16.4 Å². The summed E-state index contributed by atoms with van der Waals surface area (Å²) in [4.78, 5) is 35.2. The van der Waals surface area contributed by atoms with Gasteiger partial charge in [-0.3, -0.25) is 14.4 Å². The molecule has 6 heteroatoms. The number of hydrogen-bond donors (Lipinski definition) is 3. The second-order valence-corrected chi connectivity index (χ2v) is 6.21. The minimum atomic E-state index is -0.646. The third-order valence-electron chi connectivity index (χ3n) is 4.03. The lowest BCUT2D eigenvalue weighted by Gasteiger charge is -2.30. The van der Waals surface area contributed by atoms with Gasteiger partial charge >= 0.3 is 0 Å². The van der Waals surface area contributed by atoms with E-state index in [1.165, 1.54) is 6.92 Å². The fourth-order valence-electron chi connectivity index (χ4n) is 2.89. The van der Waals surface area contributed by atoms with Gasteiger partial charge in [0.2, 0.25) is 17.7 Å². The van der Waals surface area contributed by atoms with Crippen LogP contribution in [0.3, 0.4) is 0 Å². The number of hydrogen-bond acceptors (Lipinski definition) is 3. The first-order valence-corrected chi connectivity index (χ1v) is 7.69. The fraction of sp³-hybridized carbons (Fsp3) is 0.800. The molecule has 1 aliphatic carbocycles. The smallest absolute Gasteiger partial charge is 0.243 e. The van der Waals surface area contributed by atoms with Crippen molar-refractivity contribution in [3.8, 4) is 0 Å². The standard InChI is InChI=1S/C15H27N3O3/c1-9(2)12(17-10(3)19)15(21)18-13(14(16)20)11-7-5-4-6-8-11/h9,11-13H,4-8H2,1-3H3,(H2,16,20)(H,17,19)(H,18,21)/t12-,13-/m1/s1. The maximum Gasteiger partial charge on any atom is 0.243 e. The Bertz CT molecular complexity index is 390. The number of amides is 3. The lowest BCUT2D eigenvalue weighted by molar-refractivity contribution is -0.132. The molecule has 0 saturated heterocycles. The predicted molar refractivity (Wildman–Crippen MR) is 80.1 cm³/mol. The van der Waals surface area contributed by atoms with E-state index >= 15 is 0 Å². The van der Waals surface area contributed by atoms with Crippen LogP contribution in [0.25, 0.3) is 0 Å². The zero-order chi connectivity index (χ0) is 16.0. The summed E-state index contributed by atoms with van der Waals surface area (Å²) >= 11 is 0.